The van der Waals surface area contributed by atoms with Crippen LogP contribution in [0, 0.1) is 0 Å². The van der Waals surface area contributed by atoms with Crippen LogP contribution in [0.4, 0.5) is 0 Å². The number of Topliss-reactive ketones (excluding diaryl/α,β-unsaturated/α-hetero) is 1. The maximum absolute atomic E-state index is 13.0. The van der Waals surface area contributed by atoms with Gasteiger partial charge in [-0.15, -0.1) is 11.8 Å². The Morgan fingerprint density at radius 3 is 2.29 bits per heavy atom. The predicted molar refractivity (Wildman–Crippen MR) is 127 cm³/mol. The van der Waals surface area contributed by atoms with Crippen molar-refractivity contribution in [3.05, 3.63) is 108 Å². The molecule has 0 heterocycles. The van der Waals surface area contributed by atoms with Crippen LogP contribution in [-0.4, -0.2) is 24.1 Å². The number of aliphatic hydroxyl groups is 1. The van der Waals surface area contributed by atoms with E-state index in [1.165, 1.54) is 10.8 Å². The number of aliphatic hydroxyl groups excluding tert-OH is 1. The van der Waals surface area contributed by atoms with Crippen LogP contribution in [0.25, 0.3) is 10.8 Å². The smallest absolute Gasteiger partial charge is 0.164 e. The molecular formula is C27H24O3S. The van der Waals surface area contributed by atoms with Crippen LogP contribution < -0.4 is 4.74 Å². The third-order valence-electron chi connectivity index (χ3n) is 5.08. The Labute approximate surface area is 186 Å². The normalized spacial score (nSPS) is 11.9. The average Bonchev–Trinajstić information content (AvgIpc) is 2.83. The van der Waals surface area contributed by atoms with E-state index in [1.54, 1.807) is 11.8 Å². The summed E-state index contributed by atoms with van der Waals surface area (Å²) in [5, 5.41) is 11.3. The number of hydrogen-bond acceptors (Lipinski definition) is 4. The lowest BCUT2D eigenvalue weighted by atomic mass is 10.0. The number of rotatable bonds is 9. The van der Waals surface area contributed by atoms with E-state index in [4.69, 9.17) is 9.84 Å². The van der Waals surface area contributed by atoms with Crippen molar-refractivity contribution in [2.24, 2.45) is 0 Å². The molecule has 156 valence electrons. The molecule has 0 bridgehead atoms. The highest BCUT2D eigenvalue weighted by molar-refractivity contribution is 7.99. The number of fused-ring (bicyclic) bond motifs is 1. The third-order valence-corrected chi connectivity index (χ3v) is 6.33. The van der Waals surface area contributed by atoms with Crippen LogP contribution in [0.2, 0.25) is 0 Å². The van der Waals surface area contributed by atoms with E-state index in [9.17, 15) is 4.79 Å². The first-order chi connectivity index (χ1) is 15.2. The summed E-state index contributed by atoms with van der Waals surface area (Å²) >= 11 is 1.70. The topological polar surface area (TPSA) is 46.5 Å². The minimum absolute atomic E-state index is 0.0201. The molecule has 0 amide bonds. The number of ether oxygens (including phenoxy) is 1. The Morgan fingerprint density at radius 1 is 0.839 bits per heavy atom. The minimum atomic E-state index is -0.0271. The summed E-state index contributed by atoms with van der Waals surface area (Å²) < 4.78 is 5.48. The van der Waals surface area contributed by atoms with E-state index in [1.807, 2.05) is 66.7 Å². The summed E-state index contributed by atoms with van der Waals surface area (Å²) in [6.45, 7) is 0.245. The zero-order valence-corrected chi connectivity index (χ0v) is 17.9. The Bertz CT molecular complexity index is 1140. The quantitative estimate of drug-likeness (QED) is 0.250. The van der Waals surface area contributed by atoms with Gasteiger partial charge in [-0.2, -0.15) is 0 Å². The largest absolute Gasteiger partial charge is 0.491 e. The first-order valence-electron chi connectivity index (χ1n) is 10.3. The van der Waals surface area contributed by atoms with E-state index in [0.717, 1.165) is 16.0 Å². The molecule has 4 aromatic rings. The highest BCUT2D eigenvalue weighted by Crippen LogP contribution is 2.40. The van der Waals surface area contributed by atoms with Crippen LogP contribution in [0.1, 0.15) is 27.6 Å². The molecule has 0 aromatic heterocycles. The third kappa shape index (κ3) is 5.54. The molecule has 1 unspecified atom stereocenters. The highest BCUT2D eigenvalue weighted by atomic mass is 32.2. The van der Waals surface area contributed by atoms with Crippen LogP contribution in [0.3, 0.4) is 0 Å². The molecule has 0 saturated heterocycles. The van der Waals surface area contributed by atoms with E-state index in [2.05, 4.69) is 30.3 Å². The van der Waals surface area contributed by atoms with Gasteiger partial charge in [-0.05, 0) is 40.6 Å². The summed E-state index contributed by atoms with van der Waals surface area (Å²) in [5.41, 5.74) is 1.80. The molecule has 0 fully saturated rings. The van der Waals surface area contributed by atoms with E-state index in [-0.39, 0.29) is 24.2 Å². The van der Waals surface area contributed by atoms with Crippen molar-refractivity contribution in [3.8, 4) is 5.75 Å². The monoisotopic (exact) mass is 428 g/mol. The van der Waals surface area contributed by atoms with Gasteiger partial charge in [0.25, 0.3) is 0 Å². The van der Waals surface area contributed by atoms with Crippen LogP contribution >= 0.6 is 11.8 Å². The van der Waals surface area contributed by atoms with Crippen molar-refractivity contribution in [2.75, 3.05) is 13.2 Å². The van der Waals surface area contributed by atoms with E-state index >= 15 is 0 Å². The molecule has 1 N–H and O–H groups in total. The molecule has 4 aromatic carbocycles. The molecule has 4 heteroatoms. The van der Waals surface area contributed by atoms with Gasteiger partial charge in [-0.1, -0.05) is 72.8 Å². The van der Waals surface area contributed by atoms with Gasteiger partial charge in [0.1, 0.15) is 12.4 Å². The Hall–Kier alpha value is -3.08. The van der Waals surface area contributed by atoms with Gasteiger partial charge in [-0.25, -0.2) is 0 Å². The van der Waals surface area contributed by atoms with E-state index in [0.29, 0.717) is 12.2 Å². The van der Waals surface area contributed by atoms with Crippen LogP contribution in [0.5, 0.6) is 5.75 Å². The average molecular weight is 429 g/mol. The number of hydrogen-bond donors (Lipinski definition) is 1. The van der Waals surface area contributed by atoms with Gasteiger partial charge in [0.2, 0.25) is 0 Å². The molecular weight excluding hydrogens is 404 g/mol. The predicted octanol–water partition coefficient (Wildman–Crippen LogP) is 6.32. The molecule has 0 spiro atoms. The fraction of sp³-hybridized carbons (Fsp3) is 0.148. The second kappa shape index (κ2) is 10.3. The lowest BCUT2D eigenvalue weighted by Gasteiger charge is -2.18. The number of thioether (sulfide) groups is 1. The van der Waals surface area contributed by atoms with Crippen molar-refractivity contribution in [1.82, 2.24) is 0 Å². The highest BCUT2D eigenvalue weighted by Gasteiger charge is 2.19. The fourth-order valence-electron chi connectivity index (χ4n) is 3.49. The zero-order valence-electron chi connectivity index (χ0n) is 17.1. The first-order valence-corrected chi connectivity index (χ1v) is 11.2. The van der Waals surface area contributed by atoms with Gasteiger partial charge in [0, 0.05) is 22.1 Å². The zero-order chi connectivity index (χ0) is 21.5. The standard InChI is InChI=1S/C27H24O3S/c28-16-17-30-24-13-10-22(11-14-24)27(19-26(29)21-7-2-1-3-8-21)31-25-15-12-20-6-4-5-9-23(20)18-25/h1-15,18,27-28H,16-17,19H2. The van der Waals surface area contributed by atoms with Gasteiger partial charge >= 0.3 is 0 Å². The molecule has 0 aliphatic rings. The summed E-state index contributed by atoms with van der Waals surface area (Å²) in [5.74, 6) is 0.834. The Balaban J connectivity index is 1.60. The van der Waals surface area contributed by atoms with Crippen molar-refractivity contribution >= 4 is 28.3 Å². The molecule has 0 radical (unpaired) electrons. The molecule has 0 aliphatic heterocycles. The lowest BCUT2D eigenvalue weighted by molar-refractivity contribution is 0.0982. The molecule has 0 saturated carbocycles. The molecule has 3 nitrogen and oxygen atoms in total. The maximum Gasteiger partial charge on any atom is 0.164 e. The van der Waals surface area contributed by atoms with Gasteiger partial charge in [0.15, 0.2) is 5.78 Å². The van der Waals surface area contributed by atoms with Crippen molar-refractivity contribution < 1.29 is 14.6 Å². The Kier molecular flexibility index (Phi) is 7.03. The van der Waals surface area contributed by atoms with Crippen LogP contribution in [0.15, 0.2) is 102 Å². The van der Waals surface area contributed by atoms with Gasteiger partial charge in [0.05, 0.1) is 6.61 Å². The summed E-state index contributed by atoms with van der Waals surface area (Å²) in [6.07, 6.45) is 0.401. The minimum Gasteiger partial charge on any atom is -0.491 e. The number of ketones is 1. The Morgan fingerprint density at radius 2 is 1.55 bits per heavy atom. The molecule has 31 heavy (non-hydrogen) atoms. The number of carbonyl (C=O) groups is 1. The second-order valence-corrected chi connectivity index (χ2v) is 8.53. The fourth-order valence-corrected chi connectivity index (χ4v) is 4.68. The molecule has 0 aliphatic carbocycles. The SMILES string of the molecule is O=C(CC(Sc1ccc2ccccc2c1)c1ccc(OCCO)cc1)c1ccccc1. The second-order valence-electron chi connectivity index (χ2n) is 7.25. The number of benzene rings is 4. The van der Waals surface area contributed by atoms with E-state index < -0.39 is 0 Å². The van der Waals surface area contributed by atoms with Crippen molar-refractivity contribution in [1.29, 1.82) is 0 Å². The van der Waals surface area contributed by atoms with Crippen LogP contribution in [-0.2, 0) is 0 Å². The summed E-state index contributed by atoms with van der Waals surface area (Å²) in [7, 11) is 0. The lowest BCUT2D eigenvalue weighted by Crippen LogP contribution is -2.06. The van der Waals surface area contributed by atoms with Crippen molar-refractivity contribution in [3.63, 3.8) is 0 Å². The maximum atomic E-state index is 13.0. The molecule has 1 atom stereocenters. The van der Waals surface area contributed by atoms with Crippen molar-refractivity contribution in [2.45, 2.75) is 16.6 Å². The van der Waals surface area contributed by atoms with Gasteiger partial charge in [-0.3, -0.25) is 4.79 Å². The number of carbonyl (C=O) groups excluding carboxylic acids is 1. The van der Waals surface area contributed by atoms with Gasteiger partial charge < -0.3 is 9.84 Å². The first kappa shape index (κ1) is 21.2. The summed E-state index contributed by atoms with van der Waals surface area (Å²) in [4.78, 5) is 14.1. The molecule has 4 rings (SSSR count). The summed E-state index contributed by atoms with van der Waals surface area (Å²) in [6, 6.07) is 32.0.